The monoisotopic (exact) mass is 426 g/mol. The number of rotatable bonds is 23. The van der Waals surface area contributed by atoms with Crippen LogP contribution in [0.2, 0.25) is 0 Å². The minimum absolute atomic E-state index is 0.0967. The fourth-order valence-corrected chi connectivity index (χ4v) is 3.53. The maximum atomic E-state index is 11.7. The van der Waals surface area contributed by atoms with Crippen molar-refractivity contribution in [3.8, 4) is 0 Å². The molecule has 0 atom stereocenters. The number of ether oxygens (including phenoxy) is 2. The molecule has 0 heterocycles. The number of hydrogen-bond donors (Lipinski definition) is 0. The van der Waals surface area contributed by atoms with Crippen LogP contribution in [0.1, 0.15) is 142 Å². The largest absolute Gasteiger partial charge is 0.466 e. The summed E-state index contributed by atoms with van der Waals surface area (Å²) in [7, 11) is 0. The summed E-state index contributed by atoms with van der Waals surface area (Å²) in [4.78, 5) is 23.3. The zero-order valence-corrected chi connectivity index (χ0v) is 20.2. The van der Waals surface area contributed by atoms with Gasteiger partial charge in [-0.3, -0.25) is 9.59 Å². The Morgan fingerprint density at radius 3 is 1.13 bits per heavy atom. The normalized spacial score (nSPS) is 10.9. The van der Waals surface area contributed by atoms with Gasteiger partial charge >= 0.3 is 11.9 Å². The smallest absolute Gasteiger partial charge is 0.305 e. The molecule has 0 unspecified atom stereocenters. The molecular formula is C26H50O4. The summed E-state index contributed by atoms with van der Waals surface area (Å²) in [5.74, 6) is -0.203. The van der Waals surface area contributed by atoms with Crippen molar-refractivity contribution in [3.63, 3.8) is 0 Å². The highest BCUT2D eigenvalue weighted by atomic mass is 16.5. The van der Waals surface area contributed by atoms with Crippen molar-refractivity contribution in [1.29, 1.82) is 0 Å². The van der Waals surface area contributed by atoms with E-state index < -0.39 is 0 Å². The molecule has 0 saturated heterocycles. The maximum absolute atomic E-state index is 11.7. The van der Waals surface area contributed by atoms with Gasteiger partial charge in [0.2, 0.25) is 0 Å². The molecule has 0 saturated carbocycles. The first-order valence-electron chi connectivity index (χ1n) is 13.0. The quantitative estimate of drug-likeness (QED) is 0.123. The molecule has 0 rings (SSSR count). The lowest BCUT2D eigenvalue weighted by Crippen LogP contribution is -2.07. The van der Waals surface area contributed by atoms with Gasteiger partial charge in [0.1, 0.15) is 0 Å². The van der Waals surface area contributed by atoms with Crippen LogP contribution in [0.25, 0.3) is 0 Å². The van der Waals surface area contributed by atoms with Crippen LogP contribution in [0.3, 0.4) is 0 Å². The number of carbonyl (C=O) groups excluding carboxylic acids is 2. The van der Waals surface area contributed by atoms with E-state index in [2.05, 4.69) is 13.8 Å². The number of hydrogen-bond acceptors (Lipinski definition) is 4. The van der Waals surface area contributed by atoms with E-state index in [1.165, 1.54) is 70.6 Å². The highest BCUT2D eigenvalue weighted by molar-refractivity contribution is 5.69. The van der Waals surface area contributed by atoms with Crippen molar-refractivity contribution in [1.82, 2.24) is 0 Å². The van der Waals surface area contributed by atoms with E-state index in [-0.39, 0.29) is 11.9 Å². The van der Waals surface area contributed by atoms with E-state index in [1.807, 2.05) is 0 Å². The topological polar surface area (TPSA) is 52.6 Å². The first kappa shape index (κ1) is 28.9. The Morgan fingerprint density at radius 1 is 0.433 bits per heavy atom. The molecule has 0 aromatic heterocycles. The SMILES string of the molecule is CCCCCCCCCCCCCOC(=O)CCCCCC(=O)OCCCCCC. The summed E-state index contributed by atoms with van der Waals surface area (Å²) in [6.45, 7) is 5.53. The van der Waals surface area contributed by atoms with Crippen molar-refractivity contribution >= 4 is 11.9 Å². The first-order valence-corrected chi connectivity index (χ1v) is 13.0. The van der Waals surface area contributed by atoms with Crippen LogP contribution in [0.5, 0.6) is 0 Å². The molecule has 178 valence electrons. The van der Waals surface area contributed by atoms with Gasteiger partial charge in [-0.05, 0) is 25.7 Å². The van der Waals surface area contributed by atoms with E-state index in [9.17, 15) is 9.59 Å². The molecule has 0 radical (unpaired) electrons. The lowest BCUT2D eigenvalue weighted by molar-refractivity contribution is -0.144. The van der Waals surface area contributed by atoms with Crippen LogP contribution in [-0.2, 0) is 19.1 Å². The van der Waals surface area contributed by atoms with Gasteiger partial charge in [0, 0.05) is 12.8 Å². The second kappa shape index (κ2) is 24.2. The summed E-state index contributed by atoms with van der Waals surface area (Å²) in [6.07, 6.45) is 22.2. The predicted molar refractivity (Wildman–Crippen MR) is 126 cm³/mol. The third kappa shape index (κ3) is 23.2. The van der Waals surface area contributed by atoms with Crippen molar-refractivity contribution in [2.45, 2.75) is 142 Å². The molecule has 0 N–H and O–H groups in total. The second-order valence-corrected chi connectivity index (χ2v) is 8.60. The Hall–Kier alpha value is -1.06. The molecule has 30 heavy (non-hydrogen) atoms. The lowest BCUT2D eigenvalue weighted by Gasteiger charge is -2.06. The molecular weight excluding hydrogens is 376 g/mol. The molecule has 0 spiro atoms. The molecule has 0 fully saturated rings. The van der Waals surface area contributed by atoms with E-state index in [0.29, 0.717) is 26.1 Å². The molecule has 0 aliphatic carbocycles. The Bertz CT molecular complexity index is 381. The molecule has 0 aliphatic rings. The highest BCUT2D eigenvalue weighted by Gasteiger charge is 2.05. The zero-order valence-electron chi connectivity index (χ0n) is 20.2. The maximum Gasteiger partial charge on any atom is 0.305 e. The third-order valence-corrected chi connectivity index (χ3v) is 5.53. The van der Waals surface area contributed by atoms with Gasteiger partial charge in [0.05, 0.1) is 13.2 Å². The Morgan fingerprint density at radius 2 is 0.733 bits per heavy atom. The molecule has 0 amide bonds. The molecule has 0 aromatic rings. The van der Waals surface area contributed by atoms with Gasteiger partial charge in [0.15, 0.2) is 0 Å². The summed E-state index contributed by atoms with van der Waals surface area (Å²) in [6, 6.07) is 0. The number of unbranched alkanes of at least 4 members (excludes halogenated alkanes) is 15. The van der Waals surface area contributed by atoms with Gasteiger partial charge in [-0.15, -0.1) is 0 Å². The molecule has 4 heteroatoms. The van der Waals surface area contributed by atoms with Crippen molar-refractivity contribution in [2.24, 2.45) is 0 Å². The average Bonchev–Trinajstić information content (AvgIpc) is 2.74. The van der Waals surface area contributed by atoms with Crippen LogP contribution in [0, 0.1) is 0 Å². The fourth-order valence-electron chi connectivity index (χ4n) is 3.53. The Labute approximate surface area is 186 Å². The molecule has 4 nitrogen and oxygen atoms in total. The van der Waals surface area contributed by atoms with Crippen LogP contribution in [0.4, 0.5) is 0 Å². The summed E-state index contributed by atoms with van der Waals surface area (Å²) < 4.78 is 10.5. The van der Waals surface area contributed by atoms with Gasteiger partial charge in [0.25, 0.3) is 0 Å². The van der Waals surface area contributed by atoms with E-state index >= 15 is 0 Å². The fraction of sp³-hybridized carbons (Fsp3) is 0.923. The van der Waals surface area contributed by atoms with Crippen LogP contribution < -0.4 is 0 Å². The average molecular weight is 427 g/mol. The molecule has 0 aliphatic heterocycles. The standard InChI is InChI=1S/C26H50O4/c1-3-5-7-9-10-11-12-13-14-15-20-24-30-26(28)22-18-16-17-21-25(27)29-23-19-8-6-4-2/h3-24H2,1-2H3. The van der Waals surface area contributed by atoms with Crippen molar-refractivity contribution in [3.05, 3.63) is 0 Å². The first-order chi connectivity index (χ1) is 14.7. The van der Waals surface area contributed by atoms with Gasteiger partial charge < -0.3 is 9.47 Å². The number of esters is 2. The molecule has 0 bridgehead atoms. The molecule has 0 aromatic carbocycles. The second-order valence-electron chi connectivity index (χ2n) is 8.60. The van der Waals surface area contributed by atoms with Crippen LogP contribution >= 0.6 is 0 Å². The Kier molecular flexibility index (Phi) is 23.4. The minimum atomic E-state index is -0.106. The minimum Gasteiger partial charge on any atom is -0.466 e. The van der Waals surface area contributed by atoms with E-state index in [4.69, 9.17) is 9.47 Å². The number of carbonyl (C=O) groups is 2. The third-order valence-electron chi connectivity index (χ3n) is 5.53. The van der Waals surface area contributed by atoms with E-state index in [1.54, 1.807) is 0 Å². The van der Waals surface area contributed by atoms with Crippen LogP contribution in [-0.4, -0.2) is 25.2 Å². The summed E-state index contributed by atoms with van der Waals surface area (Å²) >= 11 is 0. The van der Waals surface area contributed by atoms with Gasteiger partial charge in [-0.25, -0.2) is 0 Å². The lowest BCUT2D eigenvalue weighted by atomic mass is 10.1. The van der Waals surface area contributed by atoms with Gasteiger partial charge in [-0.2, -0.15) is 0 Å². The Balaban J connectivity index is 3.26. The van der Waals surface area contributed by atoms with Crippen molar-refractivity contribution < 1.29 is 19.1 Å². The zero-order chi connectivity index (χ0) is 22.1. The summed E-state index contributed by atoms with van der Waals surface area (Å²) in [5.41, 5.74) is 0. The summed E-state index contributed by atoms with van der Waals surface area (Å²) in [5, 5.41) is 0. The predicted octanol–water partition coefficient (Wildman–Crippen LogP) is 7.91. The van der Waals surface area contributed by atoms with Crippen LogP contribution in [0.15, 0.2) is 0 Å². The van der Waals surface area contributed by atoms with Crippen molar-refractivity contribution in [2.75, 3.05) is 13.2 Å². The van der Waals surface area contributed by atoms with E-state index in [0.717, 1.165) is 44.9 Å². The highest BCUT2D eigenvalue weighted by Crippen LogP contribution is 2.11. The van der Waals surface area contributed by atoms with Gasteiger partial charge in [-0.1, -0.05) is 104 Å².